The highest BCUT2D eigenvalue weighted by molar-refractivity contribution is 5.82. The third kappa shape index (κ3) is 3.46. The van der Waals surface area contributed by atoms with E-state index < -0.39 is 6.04 Å². The van der Waals surface area contributed by atoms with Gasteiger partial charge in [0.25, 0.3) is 0 Å². The molecular weight excluding hydrogens is 210 g/mol. The first-order valence-electron chi connectivity index (χ1n) is 5.33. The smallest absolute Gasteiger partial charge is 0.239 e. The monoisotopic (exact) mass is 229 g/mol. The van der Waals surface area contributed by atoms with Gasteiger partial charge in [-0.15, -0.1) is 0 Å². The summed E-state index contributed by atoms with van der Waals surface area (Å²) >= 11 is 0. The maximum Gasteiger partial charge on any atom is 0.239 e. The van der Waals surface area contributed by atoms with Crippen molar-refractivity contribution in [1.82, 2.24) is 10.2 Å². The molecule has 0 spiro atoms. The van der Waals surface area contributed by atoms with Gasteiger partial charge in [-0.2, -0.15) is 0 Å². The third-order valence-electron chi connectivity index (χ3n) is 2.66. The summed E-state index contributed by atoms with van der Waals surface area (Å²) in [6, 6.07) is -0.647. The van der Waals surface area contributed by atoms with Crippen LogP contribution < -0.4 is 11.1 Å². The SMILES string of the molecule is COCC(N)C(=O)NC1CCC(=O)N(C)C1. The van der Waals surface area contributed by atoms with Crippen molar-refractivity contribution in [1.29, 1.82) is 0 Å². The normalized spacial score (nSPS) is 23.1. The maximum atomic E-state index is 11.6. The van der Waals surface area contributed by atoms with Crippen LogP contribution in [0.1, 0.15) is 12.8 Å². The molecule has 0 aromatic heterocycles. The predicted molar refractivity (Wildman–Crippen MR) is 58.7 cm³/mol. The molecule has 6 nitrogen and oxygen atoms in total. The van der Waals surface area contributed by atoms with E-state index in [1.807, 2.05) is 0 Å². The van der Waals surface area contributed by atoms with Crippen LogP contribution in [0, 0.1) is 0 Å². The van der Waals surface area contributed by atoms with Crippen LogP contribution in [0.15, 0.2) is 0 Å². The Morgan fingerprint density at radius 3 is 3.00 bits per heavy atom. The van der Waals surface area contributed by atoms with E-state index in [0.717, 1.165) is 0 Å². The van der Waals surface area contributed by atoms with Gasteiger partial charge in [0.05, 0.1) is 6.61 Å². The summed E-state index contributed by atoms with van der Waals surface area (Å²) in [5.74, 6) is -0.110. The molecule has 2 unspecified atom stereocenters. The molecule has 0 radical (unpaired) electrons. The molecule has 6 heteroatoms. The Morgan fingerprint density at radius 1 is 1.75 bits per heavy atom. The van der Waals surface area contributed by atoms with Crippen molar-refractivity contribution >= 4 is 11.8 Å². The molecule has 3 N–H and O–H groups in total. The molecule has 0 saturated carbocycles. The highest BCUT2D eigenvalue weighted by Gasteiger charge is 2.25. The highest BCUT2D eigenvalue weighted by Crippen LogP contribution is 2.09. The minimum Gasteiger partial charge on any atom is -0.383 e. The van der Waals surface area contributed by atoms with Crippen LogP contribution in [-0.4, -0.2) is 56.1 Å². The second kappa shape index (κ2) is 5.81. The van der Waals surface area contributed by atoms with Gasteiger partial charge in [-0.3, -0.25) is 9.59 Å². The number of rotatable bonds is 4. The summed E-state index contributed by atoms with van der Waals surface area (Å²) in [6.07, 6.45) is 1.15. The fourth-order valence-electron chi connectivity index (χ4n) is 1.69. The number of piperidine rings is 1. The van der Waals surface area contributed by atoms with Crippen molar-refractivity contribution in [2.24, 2.45) is 5.73 Å². The summed E-state index contributed by atoms with van der Waals surface area (Å²) in [6.45, 7) is 0.748. The molecule has 16 heavy (non-hydrogen) atoms. The first-order chi connectivity index (χ1) is 7.54. The molecule has 1 rings (SSSR count). The van der Waals surface area contributed by atoms with E-state index in [2.05, 4.69) is 5.32 Å². The largest absolute Gasteiger partial charge is 0.383 e. The van der Waals surface area contributed by atoms with Gasteiger partial charge in [-0.25, -0.2) is 0 Å². The lowest BCUT2D eigenvalue weighted by molar-refractivity contribution is -0.134. The van der Waals surface area contributed by atoms with E-state index in [-0.39, 0.29) is 24.5 Å². The van der Waals surface area contributed by atoms with E-state index in [1.165, 1.54) is 7.11 Å². The van der Waals surface area contributed by atoms with Crippen LogP contribution in [-0.2, 0) is 14.3 Å². The van der Waals surface area contributed by atoms with Gasteiger partial charge in [0, 0.05) is 33.2 Å². The maximum absolute atomic E-state index is 11.6. The number of carbonyl (C=O) groups is 2. The Labute approximate surface area is 95.1 Å². The highest BCUT2D eigenvalue weighted by atomic mass is 16.5. The van der Waals surface area contributed by atoms with Crippen molar-refractivity contribution in [2.75, 3.05) is 27.3 Å². The van der Waals surface area contributed by atoms with Gasteiger partial charge >= 0.3 is 0 Å². The van der Waals surface area contributed by atoms with Gasteiger partial charge in [0.15, 0.2) is 0 Å². The van der Waals surface area contributed by atoms with Crippen LogP contribution >= 0.6 is 0 Å². The minimum atomic E-state index is -0.645. The molecule has 2 atom stereocenters. The zero-order chi connectivity index (χ0) is 12.1. The van der Waals surface area contributed by atoms with Crippen LogP contribution in [0.25, 0.3) is 0 Å². The zero-order valence-corrected chi connectivity index (χ0v) is 9.73. The summed E-state index contributed by atoms with van der Waals surface area (Å²) in [4.78, 5) is 24.4. The quantitative estimate of drug-likeness (QED) is 0.627. The molecule has 1 aliphatic rings. The fourth-order valence-corrected chi connectivity index (χ4v) is 1.69. The van der Waals surface area contributed by atoms with Gasteiger partial charge in [-0.05, 0) is 6.42 Å². The number of likely N-dealkylation sites (tertiary alicyclic amines) is 1. The number of likely N-dealkylation sites (N-methyl/N-ethyl adjacent to an activating group) is 1. The summed E-state index contributed by atoms with van der Waals surface area (Å²) in [7, 11) is 3.23. The molecule has 1 fully saturated rings. The van der Waals surface area contributed by atoms with E-state index in [1.54, 1.807) is 11.9 Å². The zero-order valence-electron chi connectivity index (χ0n) is 9.73. The molecule has 1 saturated heterocycles. The average Bonchev–Trinajstić information content (AvgIpc) is 2.24. The van der Waals surface area contributed by atoms with Crippen molar-refractivity contribution in [3.05, 3.63) is 0 Å². The lowest BCUT2D eigenvalue weighted by atomic mass is 10.1. The van der Waals surface area contributed by atoms with Crippen LogP contribution in [0.3, 0.4) is 0 Å². The molecule has 1 aliphatic heterocycles. The van der Waals surface area contributed by atoms with Gasteiger partial charge < -0.3 is 20.7 Å². The molecule has 0 aromatic carbocycles. The number of nitrogens with two attached hydrogens (primary N) is 1. The van der Waals surface area contributed by atoms with Crippen molar-refractivity contribution in [3.63, 3.8) is 0 Å². The van der Waals surface area contributed by atoms with Crippen LogP contribution in [0.4, 0.5) is 0 Å². The number of hydrogen-bond acceptors (Lipinski definition) is 4. The number of carbonyl (C=O) groups excluding carboxylic acids is 2. The summed E-state index contributed by atoms with van der Waals surface area (Å²) in [5.41, 5.74) is 5.59. The molecule has 0 aromatic rings. The molecule has 92 valence electrons. The Morgan fingerprint density at radius 2 is 2.44 bits per heavy atom. The van der Waals surface area contributed by atoms with E-state index >= 15 is 0 Å². The van der Waals surface area contributed by atoms with Crippen molar-refractivity contribution in [2.45, 2.75) is 24.9 Å². The fraction of sp³-hybridized carbons (Fsp3) is 0.800. The first-order valence-corrected chi connectivity index (χ1v) is 5.33. The van der Waals surface area contributed by atoms with Crippen LogP contribution in [0.2, 0.25) is 0 Å². The number of nitrogens with zero attached hydrogens (tertiary/aromatic N) is 1. The third-order valence-corrected chi connectivity index (χ3v) is 2.66. The Bertz CT molecular complexity index is 270. The number of hydrogen-bond donors (Lipinski definition) is 2. The molecule has 0 bridgehead atoms. The molecule has 0 aliphatic carbocycles. The summed E-state index contributed by atoms with van der Waals surface area (Å²) in [5, 5.41) is 2.82. The predicted octanol–water partition coefficient (Wildman–Crippen LogP) is -1.30. The standard InChI is InChI=1S/C10H19N3O3/c1-13-5-7(3-4-9(13)14)12-10(15)8(11)6-16-2/h7-8H,3-6,11H2,1-2H3,(H,12,15). The summed E-state index contributed by atoms with van der Waals surface area (Å²) < 4.78 is 4.80. The van der Waals surface area contributed by atoms with Crippen LogP contribution in [0.5, 0.6) is 0 Å². The van der Waals surface area contributed by atoms with Gasteiger partial charge in [-0.1, -0.05) is 0 Å². The average molecular weight is 229 g/mol. The molecular formula is C10H19N3O3. The van der Waals surface area contributed by atoms with Crippen molar-refractivity contribution < 1.29 is 14.3 Å². The van der Waals surface area contributed by atoms with E-state index in [9.17, 15) is 9.59 Å². The van der Waals surface area contributed by atoms with E-state index in [4.69, 9.17) is 10.5 Å². The lowest BCUT2D eigenvalue weighted by Gasteiger charge is -2.30. The first kappa shape index (κ1) is 12.9. The molecule has 1 heterocycles. The minimum absolute atomic E-state index is 0.00175. The lowest BCUT2D eigenvalue weighted by Crippen LogP contribution is -2.53. The van der Waals surface area contributed by atoms with Crippen molar-refractivity contribution in [3.8, 4) is 0 Å². The van der Waals surface area contributed by atoms with Gasteiger partial charge in [0.1, 0.15) is 6.04 Å². The number of methoxy groups -OCH3 is 1. The van der Waals surface area contributed by atoms with E-state index in [0.29, 0.717) is 19.4 Å². The topological polar surface area (TPSA) is 84.7 Å². The second-order valence-corrected chi connectivity index (χ2v) is 4.08. The number of nitrogens with one attached hydrogen (secondary N) is 1. The number of amides is 2. The number of ether oxygens (including phenoxy) is 1. The van der Waals surface area contributed by atoms with Gasteiger partial charge in [0.2, 0.25) is 11.8 Å². The molecule has 2 amide bonds. The Balaban J connectivity index is 2.37. The Hall–Kier alpha value is -1.14. The Kier molecular flexibility index (Phi) is 4.70. The second-order valence-electron chi connectivity index (χ2n) is 4.08.